The Morgan fingerprint density at radius 2 is 2.07 bits per heavy atom. The molecule has 3 aromatic rings. The minimum absolute atomic E-state index is 0.158. The highest BCUT2D eigenvalue weighted by Crippen LogP contribution is 2.41. The number of nitrogens with zero attached hydrogens (tertiary/aromatic N) is 3. The summed E-state index contributed by atoms with van der Waals surface area (Å²) in [5.74, 6) is -0.566. The Hall–Kier alpha value is -2.72. The number of thiophene rings is 1. The van der Waals surface area contributed by atoms with Crippen molar-refractivity contribution in [1.82, 2.24) is 9.29 Å². The van der Waals surface area contributed by atoms with Gasteiger partial charge >= 0.3 is 0 Å². The van der Waals surface area contributed by atoms with E-state index in [2.05, 4.69) is 9.98 Å². The molecule has 1 aliphatic heterocycles. The van der Waals surface area contributed by atoms with Crippen LogP contribution in [0.3, 0.4) is 0 Å². The van der Waals surface area contributed by atoms with Crippen LogP contribution in [-0.4, -0.2) is 36.5 Å². The fourth-order valence-electron chi connectivity index (χ4n) is 3.12. The van der Waals surface area contributed by atoms with Gasteiger partial charge in [-0.15, -0.1) is 11.3 Å². The molecule has 146 valence electrons. The quantitative estimate of drug-likeness (QED) is 0.702. The molecule has 7 nitrogen and oxygen atoms in total. The van der Waals surface area contributed by atoms with E-state index in [-0.39, 0.29) is 16.6 Å². The van der Waals surface area contributed by atoms with E-state index in [1.54, 1.807) is 13.1 Å². The van der Waals surface area contributed by atoms with Crippen LogP contribution in [0.4, 0.5) is 4.39 Å². The first-order valence-electron chi connectivity index (χ1n) is 8.32. The molecule has 1 unspecified atom stereocenters. The molecule has 10 heteroatoms. The highest BCUT2D eigenvalue weighted by atomic mass is 32.2. The standard InChI is InChI=1S/C18H17FN4O3S2/c1-18(10-28(24,25)23(2)17(20)22-18)15-13(19)9-14(27-15)11-4-3-5-12(8-11)16-21-6-7-26-16/h3-9H,10H2,1-2H3,(H2,20,22). The van der Waals surface area contributed by atoms with Crippen LogP contribution in [0.1, 0.15) is 11.8 Å². The van der Waals surface area contributed by atoms with Crippen molar-refractivity contribution in [2.24, 2.45) is 10.7 Å². The summed E-state index contributed by atoms with van der Waals surface area (Å²) in [7, 11) is -2.35. The smallest absolute Gasteiger partial charge is 0.239 e. The molecule has 4 rings (SSSR count). The molecule has 2 N–H and O–H groups in total. The van der Waals surface area contributed by atoms with Gasteiger partial charge < -0.3 is 10.2 Å². The van der Waals surface area contributed by atoms with E-state index in [0.717, 1.165) is 26.8 Å². The first-order chi connectivity index (χ1) is 13.2. The van der Waals surface area contributed by atoms with Crippen molar-refractivity contribution in [2.75, 3.05) is 12.8 Å². The summed E-state index contributed by atoms with van der Waals surface area (Å²) in [5.41, 5.74) is 6.00. The molecule has 0 spiro atoms. The Balaban J connectivity index is 1.77. The lowest BCUT2D eigenvalue weighted by atomic mass is 10.0. The highest BCUT2D eigenvalue weighted by molar-refractivity contribution is 7.89. The van der Waals surface area contributed by atoms with Crippen LogP contribution in [-0.2, 0) is 15.6 Å². The molecule has 2 aromatic heterocycles. The Kier molecular flexibility index (Phi) is 4.27. The summed E-state index contributed by atoms with van der Waals surface area (Å²) in [6.45, 7) is 1.58. The third-order valence-corrected chi connectivity index (χ3v) is 7.93. The number of rotatable bonds is 3. The minimum atomic E-state index is -3.68. The molecule has 0 saturated heterocycles. The van der Waals surface area contributed by atoms with Crippen molar-refractivity contribution in [1.29, 1.82) is 0 Å². The second-order valence-corrected chi connectivity index (χ2v) is 9.73. The van der Waals surface area contributed by atoms with Gasteiger partial charge in [-0.3, -0.25) is 0 Å². The summed E-state index contributed by atoms with van der Waals surface area (Å²) in [6, 6.07) is 8.73. The van der Waals surface area contributed by atoms with Crippen molar-refractivity contribution in [3.05, 3.63) is 53.5 Å². The van der Waals surface area contributed by atoms with Crippen molar-refractivity contribution in [3.8, 4) is 21.9 Å². The number of oxazole rings is 1. The number of aromatic nitrogens is 1. The molecular formula is C18H17FN4O3S2. The van der Waals surface area contributed by atoms with Gasteiger partial charge in [-0.05, 0) is 30.7 Å². The fourth-order valence-corrected chi connectivity index (χ4v) is 5.77. The van der Waals surface area contributed by atoms with E-state index < -0.39 is 21.4 Å². The molecule has 0 bridgehead atoms. The number of halogens is 1. The zero-order chi connectivity index (χ0) is 20.1. The predicted octanol–water partition coefficient (Wildman–Crippen LogP) is 3.01. The molecule has 1 aromatic carbocycles. The van der Waals surface area contributed by atoms with E-state index in [9.17, 15) is 12.8 Å². The topological polar surface area (TPSA) is 102 Å². The lowest BCUT2D eigenvalue weighted by Crippen LogP contribution is -2.50. The predicted molar refractivity (Wildman–Crippen MR) is 106 cm³/mol. The summed E-state index contributed by atoms with van der Waals surface area (Å²) >= 11 is 1.16. The Morgan fingerprint density at radius 1 is 1.32 bits per heavy atom. The SMILES string of the molecule is CN1C(N)=NC(C)(c2sc(-c3cccc(-c4ncco4)c3)cc2F)CS1(=O)=O. The van der Waals surface area contributed by atoms with Gasteiger partial charge in [-0.2, -0.15) is 0 Å². The molecular weight excluding hydrogens is 403 g/mol. The third-order valence-electron chi connectivity index (χ3n) is 4.57. The van der Waals surface area contributed by atoms with Crippen molar-refractivity contribution in [3.63, 3.8) is 0 Å². The Bertz CT molecular complexity index is 1170. The van der Waals surface area contributed by atoms with Gasteiger partial charge in [0.2, 0.25) is 21.9 Å². The van der Waals surface area contributed by atoms with Crippen LogP contribution < -0.4 is 5.73 Å². The monoisotopic (exact) mass is 420 g/mol. The number of guanidine groups is 1. The second-order valence-electron chi connectivity index (χ2n) is 6.67. The zero-order valence-electron chi connectivity index (χ0n) is 15.1. The minimum Gasteiger partial charge on any atom is -0.445 e. The molecule has 0 saturated carbocycles. The first-order valence-corrected chi connectivity index (χ1v) is 10.7. The van der Waals surface area contributed by atoms with Gasteiger partial charge in [-0.1, -0.05) is 12.1 Å². The maximum Gasteiger partial charge on any atom is 0.239 e. The van der Waals surface area contributed by atoms with Crippen LogP contribution in [0, 0.1) is 5.82 Å². The van der Waals surface area contributed by atoms with Crippen LogP contribution in [0.2, 0.25) is 0 Å². The molecule has 3 heterocycles. The van der Waals surface area contributed by atoms with Gasteiger partial charge in [0.05, 0.1) is 16.8 Å². The van der Waals surface area contributed by atoms with E-state index in [1.165, 1.54) is 19.4 Å². The molecule has 1 aliphatic rings. The normalized spacial score (nSPS) is 21.5. The number of sulfonamides is 1. The zero-order valence-corrected chi connectivity index (χ0v) is 16.7. The van der Waals surface area contributed by atoms with Crippen LogP contribution >= 0.6 is 11.3 Å². The summed E-state index contributed by atoms with van der Waals surface area (Å²) < 4.78 is 45.8. The van der Waals surface area contributed by atoms with Crippen LogP contribution in [0.25, 0.3) is 21.9 Å². The summed E-state index contributed by atoms with van der Waals surface area (Å²) in [6.07, 6.45) is 3.03. The average Bonchev–Trinajstić information content (AvgIpc) is 3.29. The number of hydrogen-bond acceptors (Lipinski definition) is 7. The van der Waals surface area contributed by atoms with E-state index in [4.69, 9.17) is 10.2 Å². The molecule has 0 fully saturated rings. The fraction of sp³-hybridized carbons (Fsp3) is 0.222. The molecule has 0 radical (unpaired) electrons. The van der Waals surface area contributed by atoms with Gasteiger partial charge in [0.15, 0.2) is 0 Å². The van der Waals surface area contributed by atoms with E-state index in [1.807, 2.05) is 24.3 Å². The van der Waals surface area contributed by atoms with Crippen LogP contribution in [0.5, 0.6) is 0 Å². The van der Waals surface area contributed by atoms with Gasteiger partial charge in [0, 0.05) is 17.5 Å². The summed E-state index contributed by atoms with van der Waals surface area (Å²) in [4.78, 5) is 9.26. The average molecular weight is 420 g/mol. The molecule has 0 aliphatic carbocycles. The maximum atomic E-state index is 14.8. The van der Waals surface area contributed by atoms with Crippen molar-refractivity contribution >= 4 is 27.3 Å². The highest BCUT2D eigenvalue weighted by Gasteiger charge is 2.42. The molecule has 0 amide bonds. The molecule has 1 atom stereocenters. The number of nitrogens with two attached hydrogens (primary N) is 1. The van der Waals surface area contributed by atoms with Gasteiger partial charge in [0.25, 0.3) is 0 Å². The summed E-state index contributed by atoms with van der Waals surface area (Å²) in [5, 5.41) is 0. The maximum absolute atomic E-state index is 14.8. The van der Waals surface area contributed by atoms with Crippen molar-refractivity contribution < 1.29 is 17.2 Å². The lowest BCUT2D eigenvalue weighted by Gasteiger charge is -2.33. The van der Waals surface area contributed by atoms with E-state index in [0.29, 0.717) is 10.8 Å². The van der Waals surface area contributed by atoms with Gasteiger partial charge in [-0.25, -0.2) is 27.1 Å². The lowest BCUT2D eigenvalue weighted by molar-refractivity contribution is 0.466. The number of hydrogen-bond donors (Lipinski definition) is 1. The largest absolute Gasteiger partial charge is 0.445 e. The Morgan fingerprint density at radius 3 is 2.75 bits per heavy atom. The van der Waals surface area contributed by atoms with Crippen LogP contribution in [0.15, 0.2) is 52.2 Å². The van der Waals surface area contributed by atoms with Crippen molar-refractivity contribution in [2.45, 2.75) is 12.5 Å². The third kappa shape index (κ3) is 3.08. The first kappa shape index (κ1) is 18.6. The Labute approximate surface area is 165 Å². The molecule has 28 heavy (non-hydrogen) atoms. The number of benzene rings is 1. The van der Waals surface area contributed by atoms with E-state index >= 15 is 0 Å². The van der Waals surface area contributed by atoms with Gasteiger partial charge in [0.1, 0.15) is 17.6 Å². The number of aliphatic imine (C=N–C) groups is 1. The second kappa shape index (κ2) is 6.42.